The third-order valence-corrected chi connectivity index (χ3v) is 3.63. The largest absolute Gasteiger partial charge is 0.467 e. The molecule has 5 nitrogen and oxygen atoms in total. The van der Waals surface area contributed by atoms with E-state index in [0.717, 1.165) is 0 Å². The summed E-state index contributed by atoms with van der Waals surface area (Å²) in [5.41, 5.74) is -0.541. The van der Waals surface area contributed by atoms with Crippen molar-refractivity contribution in [3.05, 3.63) is 0 Å². The van der Waals surface area contributed by atoms with Gasteiger partial charge in [0.15, 0.2) is 0 Å². The third kappa shape index (κ3) is 4.12. The van der Waals surface area contributed by atoms with Crippen molar-refractivity contribution in [3.63, 3.8) is 0 Å². The highest BCUT2D eigenvalue weighted by Crippen LogP contribution is 2.37. The Morgan fingerprint density at radius 1 is 1.10 bits per heavy atom. The highest BCUT2D eigenvalue weighted by molar-refractivity contribution is 5.82. The van der Waals surface area contributed by atoms with Gasteiger partial charge in [-0.05, 0) is 38.5 Å². The molecule has 0 radical (unpaired) electrons. The van der Waals surface area contributed by atoms with Crippen LogP contribution >= 0.6 is 0 Å². The quantitative estimate of drug-likeness (QED) is 0.695. The van der Waals surface area contributed by atoms with Gasteiger partial charge in [0.1, 0.15) is 11.6 Å². The summed E-state index contributed by atoms with van der Waals surface area (Å²) in [6.45, 7) is 12.3. The molecule has 116 valence electrons. The van der Waals surface area contributed by atoms with Crippen molar-refractivity contribution in [2.75, 3.05) is 13.7 Å². The molecule has 0 N–H and O–H groups in total. The molecule has 0 bridgehead atoms. The first kappa shape index (κ1) is 16.8. The molecule has 2 atom stereocenters. The Kier molecular flexibility index (Phi) is 4.72. The fourth-order valence-corrected chi connectivity index (χ4v) is 2.35. The minimum atomic E-state index is -0.572. The number of esters is 1. The molecular weight excluding hydrogens is 258 g/mol. The van der Waals surface area contributed by atoms with Gasteiger partial charge in [0.05, 0.1) is 7.11 Å². The summed E-state index contributed by atoms with van der Waals surface area (Å²) in [5.74, 6) is -0.123. The summed E-state index contributed by atoms with van der Waals surface area (Å²) in [5, 5.41) is 0. The molecule has 0 aromatic rings. The zero-order valence-electron chi connectivity index (χ0n) is 13.6. The summed E-state index contributed by atoms with van der Waals surface area (Å²) in [6.07, 6.45) is 0.176. The van der Waals surface area contributed by atoms with Crippen LogP contribution in [0, 0.1) is 11.3 Å². The Balaban J connectivity index is 2.90. The number of ether oxygens (including phenoxy) is 2. The molecular formula is C15H27NO4. The fraction of sp³-hybridized carbons (Fsp3) is 0.867. The lowest BCUT2D eigenvalue weighted by atomic mass is 9.79. The molecule has 0 aromatic heterocycles. The molecule has 1 aliphatic heterocycles. The second-order valence-electron chi connectivity index (χ2n) is 7.47. The van der Waals surface area contributed by atoms with E-state index in [4.69, 9.17) is 9.47 Å². The maximum absolute atomic E-state index is 12.3. The predicted molar refractivity (Wildman–Crippen MR) is 76.3 cm³/mol. The normalized spacial score (nSPS) is 23.6. The van der Waals surface area contributed by atoms with Gasteiger partial charge < -0.3 is 9.47 Å². The van der Waals surface area contributed by atoms with E-state index in [2.05, 4.69) is 20.8 Å². The number of rotatable bonds is 1. The number of amides is 1. The summed E-state index contributed by atoms with van der Waals surface area (Å²) in [7, 11) is 1.35. The summed E-state index contributed by atoms with van der Waals surface area (Å²) in [4.78, 5) is 25.7. The fourth-order valence-electron chi connectivity index (χ4n) is 2.35. The predicted octanol–water partition coefficient (Wildman–Crippen LogP) is 2.83. The van der Waals surface area contributed by atoms with Gasteiger partial charge in [0.2, 0.25) is 0 Å². The number of hydrogen-bond acceptors (Lipinski definition) is 4. The van der Waals surface area contributed by atoms with Crippen LogP contribution in [0.1, 0.15) is 48.0 Å². The second kappa shape index (κ2) is 5.62. The molecule has 1 rings (SSSR count). The zero-order valence-corrected chi connectivity index (χ0v) is 13.6. The van der Waals surface area contributed by atoms with E-state index in [1.807, 2.05) is 20.8 Å². The van der Waals surface area contributed by atoms with Crippen LogP contribution < -0.4 is 0 Å². The molecule has 1 fully saturated rings. The van der Waals surface area contributed by atoms with Gasteiger partial charge in [0.25, 0.3) is 0 Å². The van der Waals surface area contributed by atoms with Gasteiger partial charge in [-0.15, -0.1) is 0 Å². The first-order valence-corrected chi connectivity index (χ1v) is 7.03. The Labute approximate surface area is 121 Å². The van der Waals surface area contributed by atoms with E-state index in [1.165, 1.54) is 12.0 Å². The monoisotopic (exact) mass is 285 g/mol. The van der Waals surface area contributed by atoms with Gasteiger partial charge in [-0.2, -0.15) is 0 Å². The van der Waals surface area contributed by atoms with Crippen molar-refractivity contribution in [2.45, 2.75) is 59.6 Å². The molecule has 2 unspecified atom stereocenters. The molecule has 1 heterocycles. The number of hydrogen-bond donors (Lipinski definition) is 0. The van der Waals surface area contributed by atoms with E-state index >= 15 is 0 Å². The summed E-state index contributed by atoms with van der Waals surface area (Å²) >= 11 is 0. The lowest BCUT2D eigenvalue weighted by Crippen LogP contribution is -2.44. The zero-order chi connectivity index (χ0) is 15.7. The van der Waals surface area contributed by atoms with Gasteiger partial charge in [-0.25, -0.2) is 9.59 Å². The molecule has 20 heavy (non-hydrogen) atoms. The molecule has 5 heteroatoms. The van der Waals surface area contributed by atoms with Crippen molar-refractivity contribution >= 4 is 12.1 Å². The minimum absolute atomic E-state index is 0.0308. The van der Waals surface area contributed by atoms with Crippen molar-refractivity contribution in [1.82, 2.24) is 4.90 Å². The molecule has 1 saturated heterocycles. The van der Waals surface area contributed by atoms with Crippen molar-refractivity contribution in [3.8, 4) is 0 Å². The van der Waals surface area contributed by atoms with Gasteiger partial charge >= 0.3 is 12.1 Å². The first-order chi connectivity index (χ1) is 8.95. The van der Waals surface area contributed by atoms with Crippen molar-refractivity contribution < 1.29 is 19.1 Å². The SMILES string of the molecule is COC(=O)C1CC(C(C)(C)C)CN1C(=O)OC(C)(C)C. The first-order valence-electron chi connectivity index (χ1n) is 7.03. The van der Waals surface area contributed by atoms with Crippen LogP contribution in [-0.4, -0.2) is 42.3 Å². The van der Waals surface area contributed by atoms with Crippen LogP contribution in [0.4, 0.5) is 4.79 Å². The summed E-state index contributed by atoms with van der Waals surface area (Å²) in [6, 6.07) is -0.543. The van der Waals surface area contributed by atoms with Crippen LogP contribution in [0.25, 0.3) is 0 Å². The van der Waals surface area contributed by atoms with Gasteiger partial charge in [-0.3, -0.25) is 4.90 Å². The molecule has 0 saturated carbocycles. The molecule has 0 aliphatic carbocycles. The number of carbonyl (C=O) groups excluding carboxylic acids is 2. The Hall–Kier alpha value is -1.26. The molecule has 0 aromatic carbocycles. The number of nitrogens with zero attached hydrogens (tertiary/aromatic N) is 1. The van der Waals surface area contributed by atoms with Gasteiger partial charge in [0, 0.05) is 6.54 Å². The topological polar surface area (TPSA) is 55.8 Å². The second-order valence-corrected chi connectivity index (χ2v) is 7.47. The Morgan fingerprint density at radius 2 is 1.65 bits per heavy atom. The molecule has 1 amide bonds. The molecule has 1 aliphatic rings. The van der Waals surface area contributed by atoms with E-state index in [1.54, 1.807) is 0 Å². The minimum Gasteiger partial charge on any atom is -0.467 e. The lowest BCUT2D eigenvalue weighted by Gasteiger charge is -2.28. The van der Waals surface area contributed by atoms with E-state index < -0.39 is 17.7 Å². The van der Waals surface area contributed by atoms with Crippen molar-refractivity contribution in [2.24, 2.45) is 11.3 Å². The van der Waals surface area contributed by atoms with Crippen LogP contribution in [-0.2, 0) is 14.3 Å². The smallest absolute Gasteiger partial charge is 0.411 e. The van der Waals surface area contributed by atoms with E-state index in [-0.39, 0.29) is 17.3 Å². The van der Waals surface area contributed by atoms with E-state index in [9.17, 15) is 9.59 Å². The van der Waals surface area contributed by atoms with Crippen LogP contribution in [0.5, 0.6) is 0 Å². The third-order valence-electron chi connectivity index (χ3n) is 3.63. The van der Waals surface area contributed by atoms with Crippen LogP contribution in [0.2, 0.25) is 0 Å². The van der Waals surface area contributed by atoms with Gasteiger partial charge in [-0.1, -0.05) is 20.8 Å². The average molecular weight is 285 g/mol. The number of carbonyl (C=O) groups is 2. The maximum Gasteiger partial charge on any atom is 0.411 e. The number of likely N-dealkylation sites (tertiary alicyclic amines) is 1. The number of methoxy groups -OCH3 is 1. The standard InChI is InChI=1S/C15H27NO4/c1-14(2,3)10-8-11(12(17)19-7)16(9-10)13(18)20-15(4,5)6/h10-11H,8-9H2,1-7H3. The average Bonchev–Trinajstić information content (AvgIpc) is 2.69. The van der Waals surface area contributed by atoms with Crippen LogP contribution in [0.3, 0.4) is 0 Å². The van der Waals surface area contributed by atoms with Crippen molar-refractivity contribution in [1.29, 1.82) is 0 Å². The highest BCUT2D eigenvalue weighted by Gasteiger charge is 2.45. The Morgan fingerprint density at radius 3 is 2.05 bits per heavy atom. The lowest BCUT2D eigenvalue weighted by molar-refractivity contribution is -0.145. The Bertz CT molecular complexity index is 378. The maximum atomic E-state index is 12.3. The molecule has 0 spiro atoms. The van der Waals surface area contributed by atoms with E-state index in [0.29, 0.717) is 13.0 Å². The highest BCUT2D eigenvalue weighted by atomic mass is 16.6. The van der Waals surface area contributed by atoms with Crippen LogP contribution in [0.15, 0.2) is 0 Å². The summed E-state index contributed by atoms with van der Waals surface area (Å²) < 4.78 is 10.2.